The van der Waals surface area contributed by atoms with E-state index in [2.05, 4.69) is 139 Å². The summed E-state index contributed by atoms with van der Waals surface area (Å²) < 4.78 is 4.37. The van der Waals surface area contributed by atoms with Gasteiger partial charge in [-0.15, -0.1) is 0 Å². The SMILES string of the molecule is CCCC[C](CCCC)=[Zr+2]([C]1=CC=CC1)[CH]1c2cc(C(C)(C)C)c(C(C)(C)C)cc2-c2cc(C(C)(C)C)c(C(C)(C)C)cc21.[Cl-].[Cl-]. The third kappa shape index (κ3) is 8.69. The molecule has 2 aliphatic carbocycles. The van der Waals surface area contributed by atoms with Gasteiger partial charge in [0.2, 0.25) is 0 Å². The molecule has 0 amide bonds. The number of fused-ring (bicyclic) bond motifs is 3. The Morgan fingerprint density at radius 1 is 0.609 bits per heavy atom. The average Bonchev–Trinajstić information content (AvgIpc) is 3.53. The van der Waals surface area contributed by atoms with E-state index < -0.39 is 21.3 Å². The van der Waals surface area contributed by atoms with Gasteiger partial charge in [-0.25, -0.2) is 0 Å². The second kappa shape index (κ2) is 15.4. The predicted octanol–water partition coefficient (Wildman–Crippen LogP) is 6.97. The topological polar surface area (TPSA) is 0 Å². The van der Waals surface area contributed by atoms with Gasteiger partial charge in [0.25, 0.3) is 0 Å². The minimum absolute atomic E-state index is 0. The molecule has 2 aromatic carbocycles. The van der Waals surface area contributed by atoms with Crippen LogP contribution in [0.2, 0.25) is 0 Å². The van der Waals surface area contributed by atoms with Crippen LogP contribution in [-0.4, -0.2) is 3.21 Å². The molecule has 0 unspecified atom stereocenters. The standard InChI is InChI=1S/C29H41.C9H18.C5H5.2ClH.Zr/c1-26(2,3)22-14-18-13-19-15-23(27(4,5)6)25(29(10,11)12)17-21(19)20(18)16-24(22)28(7,8)9;1-3-5-7-9-8-6-4-2;1-2-4-5-3-1;;;/h13-17H,1-12H3;3-8H2,1-2H3;1-3H,4H2;2*1H;/q;;;;;+2/p-2. The Labute approximate surface area is 304 Å². The summed E-state index contributed by atoms with van der Waals surface area (Å²) in [7, 11) is 0. The van der Waals surface area contributed by atoms with Gasteiger partial charge < -0.3 is 24.8 Å². The zero-order chi connectivity index (χ0) is 32.8. The summed E-state index contributed by atoms with van der Waals surface area (Å²) in [6, 6.07) is 10.8. The Hall–Kier alpha value is -0.747. The number of hydrogen-bond acceptors (Lipinski definition) is 0. The summed E-state index contributed by atoms with van der Waals surface area (Å²) in [5.74, 6) is 0. The molecule has 0 heterocycles. The third-order valence-corrected chi connectivity index (χ3v) is 18.6. The zero-order valence-corrected chi connectivity index (χ0v) is 35.8. The van der Waals surface area contributed by atoms with Crippen molar-refractivity contribution in [3.8, 4) is 11.1 Å². The van der Waals surface area contributed by atoms with E-state index in [1.807, 2.05) is 6.49 Å². The van der Waals surface area contributed by atoms with E-state index in [9.17, 15) is 0 Å². The van der Waals surface area contributed by atoms with Gasteiger partial charge in [0.05, 0.1) is 0 Å². The Morgan fingerprint density at radius 2 is 0.978 bits per heavy atom. The third-order valence-electron chi connectivity index (χ3n) is 9.97. The van der Waals surface area contributed by atoms with Crippen LogP contribution in [0.15, 0.2) is 45.8 Å². The molecule has 3 heteroatoms. The summed E-state index contributed by atoms with van der Waals surface area (Å²) in [6.45, 7) is 33.8. The fourth-order valence-corrected chi connectivity index (χ4v) is 17.0. The van der Waals surface area contributed by atoms with Crippen LogP contribution in [0.3, 0.4) is 0 Å². The quantitative estimate of drug-likeness (QED) is 0.274. The Kier molecular flexibility index (Phi) is 13.9. The summed E-state index contributed by atoms with van der Waals surface area (Å²) in [5, 5.41) is 0. The Balaban J connectivity index is 0.00000368. The van der Waals surface area contributed by atoms with Gasteiger partial charge in [-0.2, -0.15) is 0 Å². The van der Waals surface area contributed by atoms with Gasteiger partial charge in [0.1, 0.15) is 0 Å². The number of allylic oxidation sites excluding steroid dienone is 4. The van der Waals surface area contributed by atoms with Crippen LogP contribution in [0.5, 0.6) is 0 Å². The maximum absolute atomic E-state index is 2.73. The molecule has 2 aliphatic rings. The van der Waals surface area contributed by atoms with Gasteiger partial charge in [0.15, 0.2) is 0 Å². The fourth-order valence-electron chi connectivity index (χ4n) is 7.58. The molecule has 0 radical (unpaired) electrons. The van der Waals surface area contributed by atoms with E-state index in [0.29, 0.717) is 3.63 Å². The molecule has 0 atom stereocenters. The minimum Gasteiger partial charge on any atom is -1.00 e. The average molecular weight is 743 g/mol. The van der Waals surface area contributed by atoms with Gasteiger partial charge in [-0.3, -0.25) is 0 Å². The largest absolute Gasteiger partial charge is 1.00 e. The summed E-state index contributed by atoms with van der Waals surface area (Å²) in [4.78, 5) is 0. The molecule has 0 aliphatic heterocycles. The Bertz CT molecular complexity index is 1380. The van der Waals surface area contributed by atoms with Crippen LogP contribution in [0.25, 0.3) is 11.1 Å². The van der Waals surface area contributed by atoms with Crippen molar-refractivity contribution < 1.29 is 46.1 Å². The van der Waals surface area contributed by atoms with Crippen molar-refractivity contribution in [2.75, 3.05) is 0 Å². The fraction of sp³-hybridized carbons (Fsp3) is 0.605. The molecule has 0 bridgehead atoms. The van der Waals surface area contributed by atoms with Crippen molar-refractivity contribution in [3.63, 3.8) is 0 Å². The number of hydrogen-bond donors (Lipinski definition) is 0. The van der Waals surface area contributed by atoms with Gasteiger partial charge >= 0.3 is 282 Å². The molecule has 2 aromatic rings. The maximum Gasteiger partial charge on any atom is -1.00 e. The molecule has 0 N–H and O–H groups in total. The van der Waals surface area contributed by atoms with Gasteiger partial charge in [0, 0.05) is 0 Å². The normalized spacial score (nSPS) is 14.6. The molecule has 4 rings (SSSR count). The van der Waals surface area contributed by atoms with Crippen LogP contribution >= 0.6 is 0 Å². The first-order valence-electron chi connectivity index (χ1n) is 17.8. The first-order chi connectivity index (χ1) is 20.3. The second-order valence-corrected chi connectivity index (χ2v) is 24.7. The van der Waals surface area contributed by atoms with Crippen LogP contribution in [0.4, 0.5) is 0 Å². The molecule has 0 saturated heterocycles. The molecule has 254 valence electrons. The van der Waals surface area contributed by atoms with Crippen LogP contribution in [0, 0.1) is 0 Å². The number of rotatable bonds is 8. The summed E-state index contributed by atoms with van der Waals surface area (Å²) in [5.41, 5.74) is 13.0. The van der Waals surface area contributed by atoms with Crippen molar-refractivity contribution in [1.29, 1.82) is 0 Å². The van der Waals surface area contributed by atoms with Crippen LogP contribution < -0.4 is 24.8 Å². The summed E-state index contributed by atoms with van der Waals surface area (Å²) >= 11 is -2.37. The first-order valence-corrected chi connectivity index (χ1v) is 21.6. The predicted molar refractivity (Wildman–Crippen MR) is 194 cm³/mol. The number of benzene rings is 2. The van der Waals surface area contributed by atoms with Gasteiger partial charge in [-0.05, 0) is 0 Å². The van der Waals surface area contributed by atoms with E-state index in [-0.39, 0.29) is 46.5 Å². The Morgan fingerprint density at radius 3 is 1.28 bits per heavy atom. The van der Waals surface area contributed by atoms with Crippen molar-refractivity contribution >= 4 is 3.21 Å². The van der Waals surface area contributed by atoms with Crippen molar-refractivity contribution in [2.24, 2.45) is 0 Å². The molecule has 0 aromatic heterocycles. The van der Waals surface area contributed by atoms with Crippen molar-refractivity contribution in [3.05, 3.63) is 79.2 Å². The maximum atomic E-state index is 2.73. The minimum atomic E-state index is -2.37. The van der Waals surface area contributed by atoms with Crippen LogP contribution in [-0.2, 0) is 42.9 Å². The van der Waals surface area contributed by atoms with E-state index in [1.165, 1.54) is 56.1 Å². The zero-order valence-electron chi connectivity index (χ0n) is 31.8. The molecular formula is C43H64Cl2Zr. The molecule has 0 nitrogen and oxygen atoms in total. The number of unbranched alkanes of at least 4 members (excludes halogenated alkanes) is 2. The summed E-state index contributed by atoms with van der Waals surface area (Å²) in [6.07, 6.45) is 16.5. The molecule has 0 spiro atoms. The second-order valence-electron chi connectivity index (χ2n) is 18.0. The van der Waals surface area contributed by atoms with E-state index in [4.69, 9.17) is 0 Å². The smallest absolute Gasteiger partial charge is 1.00 e. The van der Waals surface area contributed by atoms with Crippen molar-refractivity contribution in [1.82, 2.24) is 0 Å². The molecule has 0 saturated carbocycles. The van der Waals surface area contributed by atoms with E-state index >= 15 is 0 Å². The number of halogens is 2. The first kappa shape index (κ1) is 41.4. The monoisotopic (exact) mass is 740 g/mol. The van der Waals surface area contributed by atoms with Crippen LogP contribution in [0.1, 0.15) is 179 Å². The van der Waals surface area contributed by atoms with E-state index in [0.717, 1.165) is 0 Å². The molecular weight excluding hydrogens is 679 g/mol. The van der Waals surface area contributed by atoms with Crippen molar-refractivity contribution in [2.45, 2.75) is 167 Å². The van der Waals surface area contributed by atoms with E-state index in [1.54, 1.807) is 33.4 Å². The molecule has 46 heavy (non-hydrogen) atoms. The van der Waals surface area contributed by atoms with Gasteiger partial charge in [-0.1, -0.05) is 0 Å². The molecule has 0 fully saturated rings.